The number of benzene rings is 1. The predicted molar refractivity (Wildman–Crippen MR) is 61.6 cm³/mol. The fourth-order valence-corrected chi connectivity index (χ4v) is 2.87. The average Bonchev–Trinajstić information content (AvgIpc) is 2.34. The fraction of sp³-hybridized carbons (Fsp3) is 0.462. The van der Waals surface area contributed by atoms with Crippen LogP contribution in [-0.2, 0) is 16.8 Å². The molecular weight excluding hydrogens is 202 g/mol. The Hall–Kier alpha value is -1.35. The molecule has 84 valence electrons. The maximum absolute atomic E-state index is 11.1. The first kappa shape index (κ1) is 9.85. The summed E-state index contributed by atoms with van der Waals surface area (Å²) in [7, 11) is 0. The van der Waals surface area contributed by atoms with Crippen LogP contribution in [0.2, 0.25) is 0 Å². The highest BCUT2D eigenvalue weighted by Crippen LogP contribution is 2.41. The third kappa shape index (κ3) is 1.21. The summed E-state index contributed by atoms with van der Waals surface area (Å²) in [4.78, 5) is 13.4. The molecule has 0 radical (unpaired) electrons. The lowest BCUT2D eigenvalue weighted by molar-refractivity contribution is -0.125. The Kier molecular flexibility index (Phi) is 2.04. The lowest BCUT2D eigenvalue weighted by atomic mass is 9.82. The van der Waals surface area contributed by atoms with Crippen molar-refractivity contribution in [2.75, 3.05) is 18.0 Å². The molecule has 16 heavy (non-hydrogen) atoms. The molecule has 1 aromatic carbocycles. The van der Waals surface area contributed by atoms with E-state index >= 15 is 0 Å². The number of hydrogen-bond acceptors (Lipinski definition) is 3. The summed E-state index contributed by atoms with van der Waals surface area (Å²) < 4.78 is 0. The summed E-state index contributed by atoms with van der Waals surface area (Å²) >= 11 is 0. The third-order valence-electron chi connectivity index (χ3n) is 3.73. The van der Waals surface area contributed by atoms with E-state index in [1.807, 2.05) is 12.1 Å². The summed E-state index contributed by atoms with van der Waals surface area (Å²) in [5.41, 5.74) is 1.91. The number of hydrogen-bond donors (Lipinski definition) is 1. The molecule has 3 nitrogen and oxygen atoms in total. The van der Waals surface area contributed by atoms with Crippen LogP contribution in [0.1, 0.15) is 24.0 Å². The first-order valence-electron chi connectivity index (χ1n) is 5.81. The Balaban J connectivity index is 2.22. The average molecular weight is 217 g/mol. The third-order valence-corrected chi connectivity index (χ3v) is 3.73. The van der Waals surface area contributed by atoms with Crippen LogP contribution in [0, 0.1) is 0 Å². The molecule has 2 heterocycles. The lowest BCUT2D eigenvalue weighted by Crippen LogP contribution is -2.43. The summed E-state index contributed by atoms with van der Waals surface area (Å²) in [5, 5.41) is 10.3. The zero-order chi connectivity index (χ0) is 11.2. The second-order valence-corrected chi connectivity index (χ2v) is 4.70. The zero-order valence-corrected chi connectivity index (χ0v) is 9.15. The van der Waals surface area contributed by atoms with Crippen molar-refractivity contribution < 1.29 is 9.90 Å². The van der Waals surface area contributed by atoms with Crippen LogP contribution in [0.15, 0.2) is 18.2 Å². The van der Waals surface area contributed by atoms with E-state index in [0.29, 0.717) is 12.7 Å². The second kappa shape index (κ2) is 3.32. The molecule has 1 unspecified atom stereocenters. The molecule has 0 bridgehead atoms. The fourth-order valence-electron chi connectivity index (χ4n) is 2.87. The number of anilines is 1. The molecule has 3 rings (SSSR count). The monoisotopic (exact) mass is 217 g/mol. The van der Waals surface area contributed by atoms with Crippen LogP contribution < -0.4 is 4.90 Å². The van der Waals surface area contributed by atoms with Gasteiger partial charge < -0.3 is 10.0 Å². The van der Waals surface area contributed by atoms with Crippen LogP contribution in [0.5, 0.6) is 0 Å². The van der Waals surface area contributed by atoms with E-state index in [-0.39, 0.29) is 0 Å². The van der Waals surface area contributed by atoms with E-state index < -0.39 is 5.60 Å². The second-order valence-electron chi connectivity index (χ2n) is 4.70. The van der Waals surface area contributed by atoms with E-state index in [0.717, 1.165) is 37.2 Å². The molecule has 1 N–H and O–H groups in total. The van der Waals surface area contributed by atoms with Crippen molar-refractivity contribution in [2.24, 2.45) is 0 Å². The normalized spacial score (nSPS) is 27.4. The molecule has 2 aliphatic heterocycles. The molecule has 0 amide bonds. The Labute approximate surface area is 94.7 Å². The molecule has 0 aliphatic carbocycles. The highest BCUT2D eigenvalue weighted by Gasteiger charge is 2.38. The molecular formula is C13H15NO2. The van der Waals surface area contributed by atoms with Gasteiger partial charge in [0.25, 0.3) is 0 Å². The van der Waals surface area contributed by atoms with Crippen LogP contribution in [0.4, 0.5) is 5.69 Å². The molecule has 0 saturated carbocycles. The minimum atomic E-state index is -1.26. The Morgan fingerprint density at radius 3 is 3.06 bits per heavy atom. The van der Waals surface area contributed by atoms with Gasteiger partial charge in [-0.2, -0.15) is 0 Å². The standard InChI is InChI=1S/C13H15NO2/c15-9-13(16)6-8-14-7-2-4-10-3-1-5-11(13)12(10)14/h1,3,5,9,16H,2,4,6-8H2. The quantitative estimate of drug-likeness (QED) is 0.719. The van der Waals surface area contributed by atoms with Crippen molar-refractivity contribution in [3.05, 3.63) is 29.3 Å². The minimum absolute atomic E-state index is 0.507. The van der Waals surface area contributed by atoms with Gasteiger partial charge in [-0.15, -0.1) is 0 Å². The Morgan fingerprint density at radius 1 is 1.38 bits per heavy atom. The van der Waals surface area contributed by atoms with Gasteiger partial charge in [0.2, 0.25) is 0 Å². The van der Waals surface area contributed by atoms with Gasteiger partial charge in [-0.05, 0) is 18.4 Å². The summed E-state index contributed by atoms with van der Waals surface area (Å²) in [6, 6.07) is 5.92. The van der Waals surface area contributed by atoms with Crippen LogP contribution in [0.3, 0.4) is 0 Å². The molecule has 0 saturated heterocycles. The molecule has 2 aliphatic rings. The smallest absolute Gasteiger partial charge is 0.156 e. The Bertz CT molecular complexity index is 444. The highest BCUT2D eigenvalue weighted by atomic mass is 16.3. The number of carbonyl (C=O) groups is 1. The molecule has 0 fully saturated rings. The van der Waals surface area contributed by atoms with E-state index in [1.54, 1.807) is 0 Å². The number of aliphatic hydroxyl groups is 1. The van der Waals surface area contributed by atoms with Crippen molar-refractivity contribution in [3.8, 4) is 0 Å². The van der Waals surface area contributed by atoms with Gasteiger partial charge in [-0.3, -0.25) is 4.79 Å². The minimum Gasteiger partial charge on any atom is -0.377 e. The number of carbonyl (C=O) groups excluding carboxylic acids is 1. The first-order valence-corrected chi connectivity index (χ1v) is 5.81. The van der Waals surface area contributed by atoms with Gasteiger partial charge in [-0.25, -0.2) is 0 Å². The van der Waals surface area contributed by atoms with Gasteiger partial charge in [0.1, 0.15) is 5.60 Å². The van der Waals surface area contributed by atoms with Crippen molar-refractivity contribution in [2.45, 2.75) is 24.9 Å². The SMILES string of the molecule is O=CC1(O)CCN2CCCc3cccc1c32. The van der Waals surface area contributed by atoms with E-state index in [2.05, 4.69) is 11.0 Å². The number of aldehydes is 1. The van der Waals surface area contributed by atoms with Crippen LogP contribution in [-0.4, -0.2) is 24.5 Å². The topological polar surface area (TPSA) is 40.5 Å². The van der Waals surface area contributed by atoms with Crippen LogP contribution >= 0.6 is 0 Å². The van der Waals surface area contributed by atoms with E-state index in [1.165, 1.54) is 5.56 Å². The Morgan fingerprint density at radius 2 is 2.25 bits per heavy atom. The first-order chi connectivity index (χ1) is 7.74. The van der Waals surface area contributed by atoms with Gasteiger partial charge in [0.05, 0.1) is 0 Å². The van der Waals surface area contributed by atoms with E-state index in [4.69, 9.17) is 0 Å². The zero-order valence-electron chi connectivity index (χ0n) is 9.15. The summed E-state index contributed by atoms with van der Waals surface area (Å²) in [5.74, 6) is 0. The maximum Gasteiger partial charge on any atom is 0.156 e. The maximum atomic E-state index is 11.1. The molecule has 1 atom stereocenters. The number of para-hydroxylation sites is 1. The number of nitrogens with zero attached hydrogens (tertiary/aromatic N) is 1. The van der Waals surface area contributed by atoms with Crippen LogP contribution in [0.25, 0.3) is 0 Å². The van der Waals surface area contributed by atoms with Gasteiger partial charge >= 0.3 is 0 Å². The van der Waals surface area contributed by atoms with Gasteiger partial charge in [-0.1, -0.05) is 18.2 Å². The number of aryl methyl sites for hydroxylation is 1. The van der Waals surface area contributed by atoms with Crippen molar-refractivity contribution in [1.82, 2.24) is 0 Å². The van der Waals surface area contributed by atoms with Crippen molar-refractivity contribution >= 4 is 12.0 Å². The predicted octanol–water partition coefficient (Wildman–Crippen LogP) is 1.23. The molecule has 0 aromatic heterocycles. The van der Waals surface area contributed by atoms with Gasteiger partial charge in [0, 0.05) is 30.8 Å². The molecule has 0 spiro atoms. The summed E-state index contributed by atoms with van der Waals surface area (Å²) in [6.45, 7) is 1.82. The number of rotatable bonds is 1. The molecule has 1 aromatic rings. The highest BCUT2D eigenvalue weighted by molar-refractivity contribution is 5.76. The largest absolute Gasteiger partial charge is 0.377 e. The van der Waals surface area contributed by atoms with Gasteiger partial charge in [0.15, 0.2) is 6.29 Å². The molecule has 3 heteroatoms. The lowest BCUT2D eigenvalue weighted by Gasteiger charge is -2.41. The van der Waals surface area contributed by atoms with Crippen molar-refractivity contribution in [3.63, 3.8) is 0 Å². The van der Waals surface area contributed by atoms with E-state index in [9.17, 15) is 9.90 Å². The summed E-state index contributed by atoms with van der Waals surface area (Å²) in [6.07, 6.45) is 3.41. The van der Waals surface area contributed by atoms with Crippen molar-refractivity contribution in [1.29, 1.82) is 0 Å².